The summed E-state index contributed by atoms with van der Waals surface area (Å²) in [6.07, 6.45) is 1.61. The van der Waals surface area contributed by atoms with Gasteiger partial charge >= 0.3 is 0 Å². The average molecular weight is 600 g/mol. The first kappa shape index (κ1) is 30.0. The number of pyridine rings is 2. The average Bonchev–Trinajstić information content (AvgIpc) is 2.94. The first-order valence-electron chi connectivity index (χ1n) is 13.0. The molecule has 3 aromatic heterocycles. The molecule has 0 radical (unpaired) electrons. The SMILES string of the molecule is CCN(CC)c1cc(C(=O)Nc2ccc(Cl)c(-c3cc4cnc(NCCN(C)C)nc4n(OC)c3=O)c2)cc(Cl)n1. The highest BCUT2D eigenvalue weighted by Crippen LogP contribution is 2.31. The third-order valence-electron chi connectivity index (χ3n) is 6.37. The van der Waals surface area contributed by atoms with Gasteiger partial charge < -0.3 is 25.3 Å². The first-order valence-corrected chi connectivity index (χ1v) is 13.8. The molecule has 0 aliphatic heterocycles. The molecule has 3 heterocycles. The van der Waals surface area contributed by atoms with Gasteiger partial charge in [-0.15, -0.1) is 4.73 Å². The van der Waals surface area contributed by atoms with Crippen molar-refractivity contribution in [3.8, 4) is 11.1 Å². The molecule has 0 aliphatic carbocycles. The van der Waals surface area contributed by atoms with E-state index in [9.17, 15) is 9.59 Å². The van der Waals surface area contributed by atoms with Crippen molar-refractivity contribution in [2.24, 2.45) is 0 Å². The quantitative estimate of drug-likeness (QED) is 0.244. The van der Waals surface area contributed by atoms with Crippen LogP contribution in [0.4, 0.5) is 17.5 Å². The lowest BCUT2D eigenvalue weighted by atomic mass is 10.1. The van der Waals surface area contributed by atoms with Crippen molar-refractivity contribution in [1.29, 1.82) is 0 Å². The summed E-state index contributed by atoms with van der Waals surface area (Å²) in [5, 5.41) is 7.11. The van der Waals surface area contributed by atoms with E-state index in [-0.39, 0.29) is 16.6 Å². The summed E-state index contributed by atoms with van der Waals surface area (Å²) in [6, 6.07) is 9.75. The Bertz CT molecular complexity index is 1620. The Morgan fingerprint density at radius 3 is 2.49 bits per heavy atom. The number of fused-ring (bicyclic) bond motifs is 1. The summed E-state index contributed by atoms with van der Waals surface area (Å²) in [4.78, 5) is 49.3. The number of benzene rings is 1. The molecule has 13 heteroatoms. The Balaban J connectivity index is 1.68. The van der Waals surface area contributed by atoms with Crippen molar-refractivity contribution in [1.82, 2.24) is 24.6 Å². The van der Waals surface area contributed by atoms with Crippen LogP contribution in [-0.2, 0) is 0 Å². The van der Waals surface area contributed by atoms with Crippen molar-refractivity contribution in [3.63, 3.8) is 0 Å². The molecule has 0 fully saturated rings. The zero-order chi connectivity index (χ0) is 29.7. The monoisotopic (exact) mass is 598 g/mol. The Labute approximate surface area is 248 Å². The summed E-state index contributed by atoms with van der Waals surface area (Å²) >= 11 is 12.8. The molecular formula is C28H32Cl2N8O3. The molecule has 11 nitrogen and oxygen atoms in total. The summed E-state index contributed by atoms with van der Waals surface area (Å²) in [5.41, 5.74) is 1.30. The van der Waals surface area contributed by atoms with E-state index < -0.39 is 5.56 Å². The first-order chi connectivity index (χ1) is 19.6. The number of likely N-dealkylation sites (N-methyl/N-ethyl adjacent to an activating group) is 1. The number of amides is 1. The number of nitrogens with one attached hydrogen (secondary N) is 2. The number of rotatable bonds is 11. The smallest absolute Gasteiger partial charge is 0.293 e. The van der Waals surface area contributed by atoms with Crippen molar-refractivity contribution in [2.45, 2.75) is 13.8 Å². The fourth-order valence-electron chi connectivity index (χ4n) is 4.24. The van der Waals surface area contributed by atoms with Crippen molar-refractivity contribution in [3.05, 3.63) is 68.7 Å². The predicted molar refractivity (Wildman–Crippen MR) is 165 cm³/mol. The van der Waals surface area contributed by atoms with Crippen LogP contribution in [0.25, 0.3) is 22.2 Å². The van der Waals surface area contributed by atoms with Gasteiger partial charge in [0.2, 0.25) is 5.95 Å². The van der Waals surface area contributed by atoms with Gasteiger partial charge in [0.25, 0.3) is 11.5 Å². The molecule has 4 rings (SSSR count). The van der Waals surface area contributed by atoms with Crippen LogP contribution in [0.3, 0.4) is 0 Å². The molecule has 1 amide bonds. The maximum Gasteiger partial charge on any atom is 0.293 e. The van der Waals surface area contributed by atoms with Crippen molar-refractivity contribution < 1.29 is 9.63 Å². The molecule has 0 saturated carbocycles. The minimum Gasteiger partial charge on any atom is -0.412 e. The lowest BCUT2D eigenvalue weighted by Crippen LogP contribution is -2.28. The highest BCUT2D eigenvalue weighted by atomic mass is 35.5. The molecule has 0 aliphatic rings. The van der Waals surface area contributed by atoms with Crippen LogP contribution in [0.5, 0.6) is 0 Å². The third kappa shape index (κ3) is 6.87. The fraction of sp³-hybridized carbons (Fsp3) is 0.321. The van der Waals surface area contributed by atoms with Gasteiger partial charge in [0.05, 0.1) is 5.56 Å². The van der Waals surface area contributed by atoms with Crippen LogP contribution < -0.4 is 25.9 Å². The maximum atomic E-state index is 13.5. The van der Waals surface area contributed by atoms with Crippen molar-refractivity contribution in [2.75, 3.05) is 62.9 Å². The number of anilines is 3. The van der Waals surface area contributed by atoms with Crippen molar-refractivity contribution >= 4 is 57.6 Å². The second-order valence-electron chi connectivity index (χ2n) is 9.40. The number of carbonyl (C=O) groups is 1. The molecular weight excluding hydrogens is 567 g/mol. The number of carbonyl (C=O) groups excluding carboxylic acids is 1. The Morgan fingerprint density at radius 2 is 1.80 bits per heavy atom. The number of nitrogens with zero attached hydrogens (tertiary/aromatic N) is 6. The van der Waals surface area contributed by atoms with Crippen LogP contribution in [0.2, 0.25) is 10.2 Å². The van der Waals surface area contributed by atoms with Gasteiger partial charge in [0.15, 0.2) is 5.65 Å². The Hall–Kier alpha value is -3.93. The Morgan fingerprint density at radius 1 is 1.05 bits per heavy atom. The standard InChI is InChI=1S/C28H32Cl2N8O3/c1-6-37(7-2)24-14-17(13-23(30)34-24)26(39)33-19-8-9-22(29)20(15-19)21-12-18-16-32-28(31-10-11-36(3)4)35-25(18)38(41-5)27(21)40/h8-9,12-16H,6-7,10-11H2,1-5H3,(H,33,39)(H,31,32,35). The molecule has 0 spiro atoms. The van der Waals surface area contributed by atoms with Gasteiger partial charge in [-0.2, -0.15) is 4.98 Å². The summed E-state index contributed by atoms with van der Waals surface area (Å²) in [5.74, 6) is 0.603. The van der Waals surface area contributed by atoms with E-state index in [2.05, 4.69) is 25.6 Å². The number of hydrogen-bond acceptors (Lipinski definition) is 9. The third-order valence-corrected chi connectivity index (χ3v) is 6.90. The van der Waals surface area contributed by atoms with E-state index in [4.69, 9.17) is 28.0 Å². The van der Waals surface area contributed by atoms with E-state index >= 15 is 0 Å². The zero-order valence-electron chi connectivity index (χ0n) is 23.5. The number of halogens is 2. The molecule has 2 N–H and O–H groups in total. The minimum absolute atomic E-state index is 0.214. The predicted octanol–water partition coefficient (Wildman–Crippen LogP) is 4.29. The molecule has 216 valence electrons. The van der Waals surface area contributed by atoms with Crippen LogP contribution in [-0.4, -0.2) is 77.9 Å². The zero-order valence-corrected chi connectivity index (χ0v) is 25.0. The normalized spacial score (nSPS) is 11.1. The minimum atomic E-state index is -0.465. The second kappa shape index (κ2) is 13.2. The highest BCUT2D eigenvalue weighted by molar-refractivity contribution is 6.33. The largest absolute Gasteiger partial charge is 0.412 e. The molecule has 4 aromatic rings. The molecule has 1 aromatic carbocycles. The second-order valence-corrected chi connectivity index (χ2v) is 10.2. The van der Waals surface area contributed by atoms with Crippen LogP contribution in [0.1, 0.15) is 24.2 Å². The van der Waals surface area contributed by atoms with Gasteiger partial charge in [-0.05, 0) is 64.3 Å². The van der Waals surface area contributed by atoms with E-state index in [1.54, 1.807) is 36.5 Å². The van der Waals surface area contributed by atoms with Gasteiger partial charge in [-0.25, -0.2) is 9.97 Å². The van der Waals surface area contributed by atoms with E-state index in [0.29, 0.717) is 51.2 Å². The molecule has 0 unspecified atom stereocenters. The highest BCUT2D eigenvalue weighted by Gasteiger charge is 2.18. The molecule has 41 heavy (non-hydrogen) atoms. The summed E-state index contributed by atoms with van der Waals surface area (Å²) in [6.45, 7) is 6.85. The van der Waals surface area contributed by atoms with E-state index in [1.807, 2.05) is 37.7 Å². The summed E-state index contributed by atoms with van der Waals surface area (Å²) in [7, 11) is 5.32. The van der Waals surface area contributed by atoms with Gasteiger partial charge in [-0.1, -0.05) is 23.2 Å². The lowest BCUT2D eigenvalue weighted by molar-refractivity contribution is 0.102. The molecule has 0 saturated heterocycles. The van der Waals surface area contributed by atoms with Crippen LogP contribution in [0, 0.1) is 0 Å². The van der Waals surface area contributed by atoms with Gasteiger partial charge in [0.1, 0.15) is 18.1 Å². The van der Waals surface area contributed by atoms with Gasteiger partial charge in [0, 0.05) is 59.6 Å². The fourth-order valence-corrected chi connectivity index (χ4v) is 4.67. The summed E-state index contributed by atoms with van der Waals surface area (Å²) < 4.78 is 1.10. The lowest BCUT2D eigenvalue weighted by Gasteiger charge is -2.20. The van der Waals surface area contributed by atoms with E-state index in [0.717, 1.165) is 24.4 Å². The molecule has 0 bridgehead atoms. The topological polar surface area (TPSA) is 118 Å². The van der Waals surface area contributed by atoms with E-state index in [1.165, 1.54) is 13.2 Å². The van der Waals surface area contributed by atoms with Crippen LogP contribution in [0.15, 0.2) is 47.4 Å². The van der Waals surface area contributed by atoms with Gasteiger partial charge in [-0.3, -0.25) is 9.59 Å². The maximum absolute atomic E-state index is 13.5. The Kier molecular flexibility index (Phi) is 9.64. The number of hydrogen-bond donors (Lipinski definition) is 2. The van der Waals surface area contributed by atoms with Crippen LogP contribution >= 0.6 is 23.2 Å². The number of aromatic nitrogens is 4. The molecule has 0 atom stereocenters.